The Bertz CT molecular complexity index is 706. The van der Waals surface area contributed by atoms with Crippen molar-refractivity contribution in [2.45, 2.75) is 6.92 Å². The number of nitrogens with two attached hydrogens (primary N) is 1. The van der Waals surface area contributed by atoms with E-state index in [-0.39, 0.29) is 5.12 Å². The highest BCUT2D eigenvalue weighted by Crippen LogP contribution is 2.28. The van der Waals surface area contributed by atoms with Crippen LogP contribution in [0.3, 0.4) is 0 Å². The van der Waals surface area contributed by atoms with Crippen LogP contribution in [-0.4, -0.2) is 16.1 Å². The minimum atomic E-state index is -0.656. The summed E-state index contributed by atoms with van der Waals surface area (Å²) >= 11 is 7.76. The Morgan fingerprint density at radius 3 is 2.65 bits per heavy atom. The molecule has 0 saturated heterocycles. The number of hydrogen-bond donors (Lipinski definition) is 5. The lowest BCUT2D eigenvalue weighted by Crippen LogP contribution is -2.44. The maximum atomic E-state index is 12.1. The van der Waals surface area contributed by atoms with Crippen LogP contribution in [-0.2, 0) is 0 Å². The number of hydrazine groups is 2. The first-order valence-electron chi connectivity index (χ1n) is 6.22. The number of hydrogen-bond acceptors (Lipinski definition) is 8. The van der Waals surface area contributed by atoms with Crippen molar-refractivity contribution in [1.29, 1.82) is 0 Å². The van der Waals surface area contributed by atoms with Crippen molar-refractivity contribution >= 4 is 56.9 Å². The molecule has 6 N–H and O–H groups in total. The van der Waals surface area contributed by atoms with Gasteiger partial charge in [-0.3, -0.25) is 15.6 Å². The molecule has 1 aromatic heterocycles. The number of thiazole rings is 1. The molecule has 0 aliphatic heterocycles. The van der Waals surface area contributed by atoms with Crippen LogP contribution in [0.1, 0.15) is 15.4 Å². The van der Waals surface area contributed by atoms with E-state index >= 15 is 0 Å². The number of amides is 2. The minimum absolute atomic E-state index is 0.276. The fourth-order valence-electron chi connectivity index (χ4n) is 1.50. The van der Waals surface area contributed by atoms with Gasteiger partial charge in [-0.2, -0.15) is 4.83 Å². The zero-order chi connectivity index (χ0) is 16.8. The zero-order valence-corrected chi connectivity index (χ0v) is 14.2. The third-order valence-electron chi connectivity index (χ3n) is 2.52. The zero-order valence-electron chi connectivity index (χ0n) is 11.8. The van der Waals surface area contributed by atoms with Gasteiger partial charge in [0.2, 0.25) is 5.12 Å². The van der Waals surface area contributed by atoms with Gasteiger partial charge in [0.25, 0.3) is 0 Å². The molecule has 2 rings (SSSR count). The average molecular weight is 373 g/mol. The van der Waals surface area contributed by atoms with E-state index in [1.807, 2.05) is 17.6 Å². The molecule has 0 fully saturated rings. The second-order valence-electron chi connectivity index (χ2n) is 4.16. The molecule has 0 aliphatic carbocycles. The number of carbonyl (C=O) groups excluding carboxylic acids is 2. The highest BCUT2D eigenvalue weighted by atomic mass is 35.5. The van der Waals surface area contributed by atoms with Gasteiger partial charge in [0.1, 0.15) is 4.88 Å². The quantitative estimate of drug-likeness (QED) is 0.236. The van der Waals surface area contributed by atoms with Crippen molar-refractivity contribution in [2.75, 3.05) is 5.32 Å². The van der Waals surface area contributed by atoms with E-state index in [1.54, 1.807) is 19.1 Å². The van der Waals surface area contributed by atoms with Crippen molar-refractivity contribution in [2.24, 2.45) is 5.84 Å². The summed E-state index contributed by atoms with van der Waals surface area (Å²) < 4.78 is 0. The summed E-state index contributed by atoms with van der Waals surface area (Å²) in [5, 5.41) is 4.05. The van der Waals surface area contributed by atoms with Gasteiger partial charge in [-0.1, -0.05) is 22.9 Å². The molecule has 2 amide bonds. The summed E-state index contributed by atoms with van der Waals surface area (Å²) in [6.07, 6.45) is 0. The average Bonchev–Trinajstić information content (AvgIpc) is 2.90. The van der Waals surface area contributed by atoms with Gasteiger partial charge < -0.3 is 5.32 Å². The summed E-state index contributed by atoms with van der Waals surface area (Å²) in [6, 6.07) is 6.48. The van der Waals surface area contributed by atoms with Crippen molar-refractivity contribution in [3.8, 4) is 0 Å². The largest absolute Gasteiger partial charge is 0.343 e. The third-order valence-corrected chi connectivity index (χ3v) is 4.56. The fourth-order valence-corrected chi connectivity index (χ4v) is 3.17. The molecule has 23 heavy (non-hydrogen) atoms. The smallest absolute Gasteiger partial charge is 0.332 e. The molecule has 0 bridgehead atoms. The van der Waals surface area contributed by atoms with Gasteiger partial charge in [0.15, 0.2) is 5.13 Å². The number of aryl methyl sites for hydroxylation is 1. The minimum Gasteiger partial charge on any atom is -0.332 e. The van der Waals surface area contributed by atoms with Gasteiger partial charge >= 0.3 is 6.03 Å². The molecule has 1 aromatic carbocycles. The highest BCUT2D eigenvalue weighted by Gasteiger charge is 2.16. The number of nitrogens with one attached hydrogen (secondary N) is 4. The maximum Gasteiger partial charge on any atom is 0.343 e. The molecule has 2 aromatic rings. The molecular formula is C12H13ClN6O2S2. The monoisotopic (exact) mass is 372 g/mol. The summed E-state index contributed by atoms with van der Waals surface area (Å²) in [5.74, 6) is 4.89. The van der Waals surface area contributed by atoms with Gasteiger partial charge in [0.05, 0.1) is 5.69 Å². The predicted octanol–water partition coefficient (Wildman–Crippen LogP) is 2.31. The maximum absolute atomic E-state index is 12.1. The first-order chi connectivity index (χ1) is 11.0. The van der Waals surface area contributed by atoms with E-state index in [4.69, 9.17) is 17.4 Å². The molecule has 0 atom stereocenters. The number of aromatic nitrogens is 1. The summed E-state index contributed by atoms with van der Waals surface area (Å²) in [6.45, 7) is 1.73. The summed E-state index contributed by atoms with van der Waals surface area (Å²) in [4.78, 5) is 30.1. The number of nitrogens with zero attached hydrogens (tertiary/aromatic N) is 1. The van der Waals surface area contributed by atoms with E-state index in [1.165, 1.54) is 11.3 Å². The molecule has 11 heteroatoms. The lowest BCUT2D eigenvalue weighted by atomic mass is 10.3. The van der Waals surface area contributed by atoms with Crippen LogP contribution in [0.15, 0.2) is 24.3 Å². The predicted molar refractivity (Wildman–Crippen MR) is 92.5 cm³/mol. The Kier molecular flexibility index (Phi) is 6.19. The molecule has 0 saturated carbocycles. The number of benzene rings is 1. The van der Waals surface area contributed by atoms with Crippen LogP contribution in [0.5, 0.6) is 0 Å². The van der Waals surface area contributed by atoms with Gasteiger partial charge in [-0.25, -0.2) is 15.6 Å². The van der Waals surface area contributed by atoms with Crippen LogP contribution < -0.4 is 26.8 Å². The molecule has 122 valence electrons. The Labute approximate surface area is 145 Å². The second-order valence-corrected chi connectivity index (χ2v) is 6.37. The second kappa shape index (κ2) is 8.13. The number of rotatable bonds is 5. The normalized spacial score (nSPS) is 10.2. The number of urea groups is 1. The van der Waals surface area contributed by atoms with Crippen molar-refractivity contribution in [3.05, 3.63) is 39.9 Å². The lowest BCUT2D eigenvalue weighted by Gasteiger charge is -2.03. The van der Waals surface area contributed by atoms with Crippen molar-refractivity contribution in [1.82, 2.24) is 20.7 Å². The van der Waals surface area contributed by atoms with Gasteiger partial charge in [-0.15, -0.1) is 0 Å². The SMILES string of the molecule is Cc1nc(Nc2ccc(Cl)cc2)sc1C(=O)SNNC(=O)NN. The molecule has 0 spiro atoms. The highest BCUT2D eigenvalue weighted by molar-refractivity contribution is 8.12. The molecule has 0 unspecified atom stereocenters. The third kappa shape index (κ3) is 5.08. The molecule has 1 heterocycles. The van der Waals surface area contributed by atoms with Gasteiger partial charge in [-0.05, 0) is 31.2 Å². The summed E-state index contributed by atoms with van der Waals surface area (Å²) in [7, 11) is 0. The first-order valence-corrected chi connectivity index (χ1v) is 8.23. The molecule has 8 nitrogen and oxygen atoms in total. The Morgan fingerprint density at radius 1 is 1.30 bits per heavy atom. The topological polar surface area (TPSA) is 121 Å². The Morgan fingerprint density at radius 2 is 2.00 bits per heavy atom. The van der Waals surface area contributed by atoms with Crippen LogP contribution in [0.2, 0.25) is 5.02 Å². The first kappa shape index (κ1) is 17.5. The van der Waals surface area contributed by atoms with Crippen LogP contribution in [0, 0.1) is 6.92 Å². The van der Waals surface area contributed by atoms with Crippen LogP contribution >= 0.6 is 34.9 Å². The van der Waals surface area contributed by atoms with Crippen molar-refractivity contribution in [3.63, 3.8) is 0 Å². The Hall–Kier alpha value is -1.85. The van der Waals surface area contributed by atoms with E-state index in [2.05, 4.69) is 20.6 Å². The van der Waals surface area contributed by atoms with Crippen LogP contribution in [0.4, 0.5) is 15.6 Å². The van der Waals surface area contributed by atoms with Gasteiger partial charge in [0, 0.05) is 22.7 Å². The van der Waals surface area contributed by atoms with E-state index < -0.39 is 6.03 Å². The number of halogens is 1. The number of anilines is 2. The fraction of sp³-hybridized carbons (Fsp3) is 0.0833. The van der Waals surface area contributed by atoms with Crippen molar-refractivity contribution < 1.29 is 9.59 Å². The molecule has 0 aliphatic rings. The summed E-state index contributed by atoms with van der Waals surface area (Å²) in [5.41, 5.74) is 5.44. The van der Waals surface area contributed by atoms with Crippen LogP contribution in [0.25, 0.3) is 0 Å². The standard InChI is InChI=1S/C12H13ClN6O2S2/c1-6-9(10(20)23-19-18-11(21)17-14)22-12(15-6)16-8-4-2-7(13)3-5-8/h2-5,19H,14H2,1H3,(H,15,16)(H2,17,18,21). The Balaban J connectivity index is 1.98. The van der Waals surface area contributed by atoms with E-state index in [0.29, 0.717) is 20.7 Å². The van der Waals surface area contributed by atoms with E-state index in [0.717, 1.165) is 17.6 Å². The van der Waals surface area contributed by atoms with E-state index in [9.17, 15) is 9.59 Å². The molecule has 0 radical (unpaired) electrons. The lowest BCUT2D eigenvalue weighted by molar-refractivity contribution is 0.109. The number of carbonyl (C=O) groups is 2. The molecular weight excluding hydrogens is 360 g/mol.